The minimum atomic E-state index is -0.357. The summed E-state index contributed by atoms with van der Waals surface area (Å²) >= 11 is 0. The van der Waals surface area contributed by atoms with E-state index in [9.17, 15) is 9.18 Å². The van der Waals surface area contributed by atoms with Crippen molar-refractivity contribution in [1.82, 2.24) is 10.6 Å². The number of amides is 1. The number of ether oxygens (including phenoxy) is 1. The van der Waals surface area contributed by atoms with E-state index < -0.39 is 0 Å². The lowest BCUT2D eigenvalue weighted by atomic mass is 9.92. The first kappa shape index (κ1) is 20.0. The summed E-state index contributed by atoms with van der Waals surface area (Å²) in [6.45, 7) is 5.45. The molecule has 0 spiro atoms. The summed E-state index contributed by atoms with van der Waals surface area (Å²) in [7, 11) is 0. The molecule has 6 heteroatoms. The van der Waals surface area contributed by atoms with Crippen molar-refractivity contribution in [1.29, 1.82) is 0 Å². The maximum absolute atomic E-state index is 14.2. The number of hydrogen-bond acceptors (Lipinski definition) is 3. The van der Waals surface area contributed by atoms with Gasteiger partial charge in [-0.05, 0) is 69.7 Å². The van der Waals surface area contributed by atoms with Crippen molar-refractivity contribution in [3.63, 3.8) is 0 Å². The van der Waals surface area contributed by atoms with Gasteiger partial charge in [0.1, 0.15) is 0 Å². The van der Waals surface area contributed by atoms with Gasteiger partial charge in [0.2, 0.25) is 5.91 Å². The molecule has 1 aromatic rings. The third kappa shape index (κ3) is 5.58. The van der Waals surface area contributed by atoms with Crippen molar-refractivity contribution < 1.29 is 13.9 Å². The van der Waals surface area contributed by atoms with Crippen LogP contribution in [-0.2, 0) is 4.79 Å². The molecule has 4 nitrogen and oxygen atoms in total. The predicted molar refractivity (Wildman–Crippen MR) is 98.6 cm³/mol. The van der Waals surface area contributed by atoms with Gasteiger partial charge in [-0.2, -0.15) is 0 Å². The number of piperidine rings is 1. The van der Waals surface area contributed by atoms with Crippen LogP contribution >= 0.6 is 12.4 Å². The van der Waals surface area contributed by atoms with E-state index >= 15 is 0 Å². The standard InChI is InChI=1S/C19H27FN2O2.ClH/c1-12-9-16(7-8-21-12)19(23)22-13(2)15-5-6-18(17(20)10-15)24-11-14-3-4-14;/h5-6,10,12-14,16,21H,3-4,7-9,11H2,1-2H3,(H,22,23);1H/t12-,13?,16-;/m0./s1. The number of hydrogen-bond donors (Lipinski definition) is 2. The van der Waals surface area contributed by atoms with Gasteiger partial charge in [0, 0.05) is 12.0 Å². The predicted octanol–water partition coefficient (Wildman–Crippen LogP) is 3.60. The van der Waals surface area contributed by atoms with E-state index in [1.807, 2.05) is 13.0 Å². The van der Waals surface area contributed by atoms with E-state index in [4.69, 9.17) is 4.74 Å². The van der Waals surface area contributed by atoms with Crippen LogP contribution in [0, 0.1) is 17.7 Å². The second-order valence-corrected chi connectivity index (χ2v) is 7.25. The Hall–Kier alpha value is -1.33. The molecule has 2 N–H and O–H groups in total. The fourth-order valence-electron chi connectivity index (χ4n) is 3.18. The van der Waals surface area contributed by atoms with E-state index in [0.29, 0.717) is 24.3 Å². The quantitative estimate of drug-likeness (QED) is 0.804. The molecule has 1 unspecified atom stereocenters. The summed E-state index contributed by atoms with van der Waals surface area (Å²) in [5.41, 5.74) is 0.765. The van der Waals surface area contributed by atoms with E-state index in [-0.39, 0.29) is 36.1 Å². The highest BCUT2D eigenvalue weighted by Gasteiger charge is 2.26. The Kier molecular flexibility index (Phi) is 7.08. The maximum Gasteiger partial charge on any atom is 0.223 e. The third-order valence-corrected chi connectivity index (χ3v) is 4.98. The molecular weight excluding hydrogens is 343 g/mol. The molecule has 0 radical (unpaired) electrons. The highest BCUT2D eigenvalue weighted by molar-refractivity contribution is 5.85. The van der Waals surface area contributed by atoms with Gasteiger partial charge in [-0.15, -0.1) is 12.4 Å². The normalized spacial score (nSPS) is 24.1. The van der Waals surface area contributed by atoms with Gasteiger partial charge in [0.05, 0.1) is 12.6 Å². The van der Waals surface area contributed by atoms with E-state index in [1.54, 1.807) is 6.07 Å². The molecule has 1 saturated heterocycles. The third-order valence-electron chi connectivity index (χ3n) is 4.98. The minimum absolute atomic E-state index is 0. The molecule has 0 aromatic heterocycles. The van der Waals surface area contributed by atoms with E-state index in [0.717, 1.165) is 24.9 Å². The molecule has 3 atom stereocenters. The second-order valence-electron chi connectivity index (χ2n) is 7.25. The SMILES string of the molecule is CC(NC(=O)[C@H]1CCN[C@@H](C)C1)c1ccc(OCC2CC2)c(F)c1.Cl. The van der Waals surface area contributed by atoms with Gasteiger partial charge < -0.3 is 15.4 Å². The number of carbonyl (C=O) groups is 1. The summed E-state index contributed by atoms with van der Waals surface area (Å²) in [5, 5.41) is 6.37. The molecule has 1 aromatic carbocycles. The summed E-state index contributed by atoms with van der Waals surface area (Å²) in [6, 6.07) is 5.13. The maximum atomic E-state index is 14.2. The highest BCUT2D eigenvalue weighted by atomic mass is 35.5. The average Bonchev–Trinajstić information content (AvgIpc) is 3.38. The van der Waals surface area contributed by atoms with Crippen LogP contribution in [0.5, 0.6) is 5.75 Å². The van der Waals surface area contributed by atoms with E-state index in [1.165, 1.54) is 18.9 Å². The molecule has 140 valence electrons. The van der Waals surface area contributed by atoms with Crippen molar-refractivity contribution in [2.45, 2.75) is 51.6 Å². The molecule has 0 bridgehead atoms. The van der Waals surface area contributed by atoms with E-state index in [2.05, 4.69) is 17.6 Å². The first-order valence-corrected chi connectivity index (χ1v) is 8.99. The van der Waals surface area contributed by atoms with Gasteiger partial charge in [0.25, 0.3) is 0 Å². The van der Waals surface area contributed by atoms with Crippen molar-refractivity contribution in [3.8, 4) is 5.75 Å². The Morgan fingerprint density at radius 3 is 2.80 bits per heavy atom. The first-order chi connectivity index (χ1) is 11.5. The molecule has 1 heterocycles. The second kappa shape index (κ2) is 8.86. The van der Waals surface area contributed by atoms with Gasteiger partial charge in [-0.1, -0.05) is 6.07 Å². The van der Waals surface area contributed by atoms with Crippen molar-refractivity contribution in [2.24, 2.45) is 11.8 Å². The summed E-state index contributed by atoms with van der Waals surface area (Å²) < 4.78 is 19.7. The van der Waals surface area contributed by atoms with Gasteiger partial charge in [-0.3, -0.25) is 4.79 Å². The van der Waals surface area contributed by atoms with Crippen molar-refractivity contribution >= 4 is 18.3 Å². The molecule has 1 aliphatic heterocycles. The lowest BCUT2D eigenvalue weighted by Crippen LogP contribution is -2.42. The van der Waals surface area contributed by atoms with Crippen molar-refractivity contribution in [2.75, 3.05) is 13.2 Å². The molecular formula is C19H28ClFN2O2. The Morgan fingerprint density at radius 1 is 1.40 bits per heavy atom. The summed E-state index contributed by atoms with van der Waals surface area (Å²) in [5.74, 6) is 0.635. The molecule has 2 fully saturated rings. The zero-order valence-corrected chi connectivity index (χ0v) is 15.7. The molecule has 3 rings (SSSR count). The smallest absolute Gasteiger partial charge is 0.223 e. The van der Waals surface area contributed by atoms with Crippen LogP contribution in [0.3, 0.4) is 0 Å². The van der Waals surface area contributed by atoms with Crippen LogP contribution in [0.15, 0.2) is 18.2 Å². The van der Waals surface area contributed by atoms with Crippen LogP contribution in [0.4, 0.5) is 4.39 Å². The Balaban J connectivity index is 0.00000225. The lowest BCUT2D eigenvalue weighted by Gasteiger charge is -2.28. The fourth-order valence-corrected chi connectivity index (χ4v) is 3.18. The van der Waals surface area contributed by atoms with Gasteiger partial charge in [-0.25, -0.2) is 4.39 Å². The molecule has 1 amide bonds. The summed E-state index contributed by atoms with van der Waals surface area (Å²) in [6.07, 6.45) is 4.06. The topological polar surface area (TPSA) is 50.4 Å². The van der Waals surface area contributed by atoms with Crippen LogP contribution in [0.2, 0.25) is 0 Å². The summed E-state index contributed by atoms with van der Waals surface area (Å²) in [4.78, 5) is 12.4. The minimum Gasteiger partial charge on any atom is -0.490 e. The molecule has 2 aliphatic rings. The molecule has 1 aliphatic carbocycles. The highest BCUT2D eigenvalue weighted by Crippen LogP contribution is 2.30. The monoisotopic (exact) mass is 370 g/mol. The number of halogens is 2. The van der Waals surface area contributed by atoms with Crippen molar-refractivity contribution in [3.05, 3.63) is 29.6 Å². The number of nitrogens with one attached hydrogen (secondary N) is 2. The zero-order chi connectivity index (χ0) is 17.1. The zero-order valence-electron chi connectivity index (χ0n) is 14.9. The fraction of sp³-hybridized carbons (Fsp3) is 0.632. The number of benzene rings is 1. The number of carbonyl (C=O) groups excluding carboxylic acids is 1. The van der Waals surface area contributed by atoms with Crippen LogP contribution < -0.4 is 15.4 Å². The molecule has 1 saturated carbocycles. The molecule has 25 heavy (non-hydrogen) atoms. The lowest BCUT2D eigenvalue weighted by molar-refractivity contribution is -0.126. The van der Waals surface area contributed by atoms with Crippen LogP contribution in [-0.4, -0.2) is 25.1 Å². The largest absolute Gasteiger partial charge is 0.490 e. The number of rotatable bonds is 6. The van der Waals surface area contributed by atoms with Crippen LogP contribution in [0.25, 0.3) is 0 Å². The Bertz CT molecular complexity index is 595. The Morgan fingerprint density at radius 2 is 2.16 bits per heavy atom. The Labute approximate surface area is 155 Å². The average molecular weight is 371 g/mol. The first-order valence-electron chi connectivity index (χ1n) is 8.99. The van der Waals surface area contributed by atoms with Gasteiger partial charge >= 0.3 is 0 Å². The van der Waals surface area contributed by atoms with Crippen LogP contribution in [0.1, 0.15) is 51.1 Å². The van der Waals surface area contributed by atoms with Gasteiger partial charge in [0.15, 0.2) is 11.6 Å².